The number of benzene rings is 2. The van der Waals surface area contributed by atoms with Gasteiger partial charge in [0.05, 0.1) is 12.2 Å². The van der Waals surface area contributed by atoms with Crippen molar-refractivity contribution in [3.63, 3.8) is 0 Å². The molecule has 0 spiro atoms. The van der Waals surface area contributed by atoms with Gasteiger partial charge in [0.15, 0.2) is 0 Å². The molecule has 1 heterocycles. The highest BCUT2D eigenvalue weighted by Gasteiger charge is 2.31. The summed E-state index contributed by atoms with van der Waals surface area (Å²) in [7, 11) is -4.25. The average Bonchev–Trinajstić information content (AvgIpc) is 3.12. The number of aryl methyl sites for hydroxylation is 1. The minimum Gasteiger partial charge on any atom is -0.494 e. The normalized spacial score (nSPS) is 11.8. The van der Waals surface area contributed by atoms with Crippen LogP contribution in [-0.2, 0) is 16.2 Å². The highest BCUT2D eigenvalue weighted by atomic mass is 32.2. The van der Waals surface area contributed by atoms with Gasteiger partial charge in [0, 0.05) is 17.1 Å². The van der Waals surface area contributed by atoms with E-state index in [-0.39, 0.29) is 22.6 Å². The molecule has 0 saturated heterocycles. The van der Waals surface area contributed by atoms with Gasteiger partial charge in [-0.15, -0.1) is 0 Å². The van der Waals surface area contributed by atoms with Crippen LogP contribution in [0.4, 0.5) is 24.5 Å². The summed E-state index contributed by atoms with van der Waals surface area (Å²) in [5, 5.41) is 8.02. The zero-order valence-electron chi connectivity index (χ0n) is 16.9. The fourth-order valence-corrected chi connectivity index (χ4v) is 4.02. The van der Waals surface area contributed by atoms with E-state index in [1.54, 1.807) is 12.1 Å². The number of hydrogen-bond acceptors (Lipinski definition) is 5. The van der Waals surface area contributed by atoms with Gasteiger partial charge in [-0.2, -0.15) is 26.7 Å². The average molecular weight is 468 g/mol. The number of hydrogen-bond donors (Lipinski definition) is 3. The van der Waals surface area contributed by atoms with Crippen molar-refractivity contribution in [2.75, 3.05) is 16.6 Å². The number of alkyl halides is 3. The van der Waals surface area contributed by atoms with Gasteiger partial charge in [0.2, 0.25) is 5.03 Å². The van der Waals surface area contributed by atoms with Crippen LogP contribution in [-0.4, -0.2) is 31.1 Å². The van der Waals surface area contributed by atoms with Crippen LogP contribution in [0.3, 0.4) is 0 Å². The summed E-state index contributed by atoms with van der Waals surface area (Å²) in [6, 6.07) is 9.90. The van der Waals surface area contributed by atoms with E-state index >= 15 is 0 Å². The first-order valence-corrected chi connectivity index (χ1v) is 10.8. The largest absolute Gasteiger partial charge is 0.494 e. The molecule has 3 aromatic rings. The van der Waals surface area contributed by atoms with Crippen LogP contribution in [0.1, 0.15) is 28.5 Å². The van der Waals surface area contributed by atoms with E-state index in [2.05, 4.69) is 20.2 Å². The second kappa shape index (κ2) is 8.91. The number of ether oxygens (including phenoxy) is 1. The lowest BCUT2D eigenvalue weighted by Crippen LogP contribution is -2.20. The van der Waals surface area contributed by atoms with Gasteiger partial charge in [-0.1, -0.05) is 0 Å². The van der Waals surface area contributed by atoms with E-state index in [0.717, 1.165) is 24.3 Å². The van der Waals surface area contributed by atoms with E-state index in [1.165, 1.54) is 19.1 Å². The Kier molecular flexibility index (Phi) is 6.44. The zero-order valence-corrected chi connectivity index (χ0v) is 17.8. The Morgan fingerprint density at radius 1 is 1.06 bits per heavy atom. The summed E-state index contributed by atoms with van der Waals surface area (Å²) in [6.45, 7) is 3.72. The Morgan fingerprint density at radius 2 is 1.66 bits per heavy atom. The first-order valence-electron chi connectivity index (χ1n) is 9.30. The maximum atomic E-state index is 12.8. The fraction of sp³-hybridized carbons (Fsp3) is 0.200. The lowest BCUT2D eigenvalue weighted by molar-refractivity contribution is -0.137. The van der Waals surface area contributed by atoms with E-state index in [1.807, 2.05) is 6.92 Å². The van der Waals surface area contributed by atoms with Crippen LogP contribution in [0, 0.1) is 6.92 Å². The molecule has 0 aliphatic carbocycles. The SMILES string of the molecule is CCOc1ccc(NS(=O)(=O)c2n[nH]c(C)c2C(=O)Nc2ccc(C(F)(F)F)cc2)cc1. The van der Waals surface area contributed by atoms with E-state index < -0.39 is 32.7 Å². The van der Waals surface area contributed by atoms with Crippen molar-refractivity contribution in [3.8, 4) is 5.75 Å². The smallest absolute Gasteiger partial charge is 0.416 e. The summed E-state index contributed by atoms with van der Waals surface area (Å²) < 4.78 is 71.4. The Labute approximate surface area is 181 Å². The molecule has 0 aliphatic heterocycles. The number of carbonyl (C=O) groups is 1. The Bertz CT molecular complexity index is 1210. The second-order valence-corrected chi connectivity index (χ2v) is 8.22. The van der Waals surface area contributed by atoms with Crippen molar-refractivity contribution in [2.24, 2.45) is 0 Å². The molecular formula is C20H19F3N4O4S. The van der Waals surface area contributed by atoms with Crippen molar-refractivity contribution in [3.05, 3.63) is 65.4 Å². The summed E-state index contributed by atoms with van der Waals surface area (Å²) >= 11 is 0. The maximum Gasteiger partial charge on any atom is 0.416 e. The molecule has 0 saturated carbocycles. The molecule has 0 fully saturated rings. The molecule has 0 aliphatic rings. The van der Waals surface area contributed by atoms with Gasteiger partial charge < -0.3 is 10.1 Å². The molecule has 1 aromatic heterocycles. The van der Waals surface area contributed by atoms with Crippen molar-refractivity contribution in [1.82, 2.24) is 10.2 Å². The van der Waals surface area contributed by atoms with Crippen molar-refractivity contribution in [1.29, 1.82) is 0 Å². The van der Waals surface area contributed by atoms with Gasteiger partial charge in [-0.3, -0.25) is 14.6 Å². The predicted molar refractivity (Wildman–Crippen MR) is 111 cm³/mol. The number of sulfonamides is 1. The lowest BCUT2D eigenvalue weighted by Gasteiger charge is -2.11. The Balaban J connectivity index is 1.82. The van der Waals surface area contributed by atoms with Crippen LogP contribution < -0.4 is 14.8 Å². The number of aromatic nitrogens is 2. The first kappa shape index (κ1) is 23.1. The van der Waals surface area contributed by atoms with E-state index in [4.69, 9.17) is 4.74 Å². The summed E-state index contributed by atoms with van der Waals surface area (Å²) in [6.07, 6.45) is -4.52. The van der Waals surface area contributed by atoms with Gasteiger partial charge in [-0.25, -0.2) is 0 Å². The van der Waals surface area contributed by atoms with Crippen molar-refractivity contribution < 1.29 is 31.1 Å². The number of amides is 1. The first-order chi connectivity index (χ1) is 15.0. The standard InChI is InChI=1S/C20H19F3N4O4S/c1-3-31-16-10-8-15(9-11-16)27-32(29,30)19-17(12(2)25-26-19)18(28)24-14-6-4-13(5-7-14)20(21,22)23/h4-11,27H,3H2,1-2H3,(H,24,28)(H,25,26). The third-order valence-corrected chi connectivity index (χ3v) is 5.59. The van der Waals surface area contributed by atoms with Crippen LogP contribution in [0.25, 0.3) is 0 Å². The minimum atomic E-state index is -4.52. The molecule has 1 amide bonds. The number of nitrogens with zero attached hydrogens (tertiary/aromatic N) is 1. The fourth-order valence-electron chi connectivity index (χ4n) is 2.79. The summed E-state index contributed by atoms with van der Waals surface area (Å²) in [4.78, 5) is 12.7. The highest BCUT2D eigenvalue weighted by molar-refractivity contribution is 7.92. The molecule has 3 N–H and O–H groups in total. The van der Waals surface area contributed by atoms with Crippen molar-refractivity contribution >= 4 is 27.3 Å². The maximum absolute atomic E-state index is 12.8. The molecule has 3 rings (SSSR count). The number of carbonyl (C=O) groups excluding carboxylic acids is 1. The molecule has 8 nitrogen and oxygen atoms in total. The summed E-state index contributed by atoms with van der Waals surface area (Å²) in [5.41, 5.74) is -0.683. The quantitative estimate of drug-likeness (QED) is 0.481. The molecule has 170 valence electrons. The van der Waals surface area contributed by atoms with E-state index in [9.17, 15) is 26.4 Å². The number of rotatable bonds is 7. The second-order valence-electron chi connectivity index (χ2n) is 6.62. The zero-order chi connectivity index (χ0) is 23.5. The van der Waals surface area contributed by atoms with Crippen LogP contribution in [0.5, 0.6) is 5.75 Å². The molecule has 32 heavy (non-hydrogen) atoms. The Morgan fingerprint density at radius 3 is 2.22 bits per heavy atom. The van der Waals surface area contributed by atoms with E-state index in [0.29, 0.717) is 12.4 Å². The predicted octanol–water partition coefficient (Wildman–Crippen LogP) is 4.19. The van der Waals surface area contributed by atoms with Crippen molar-refractivity contribution in [2.45, 2.75) is 25.0 Å². The highest BCUT2D eigenvalue weighted by Crippen LogP contribution is 2.30. The number of anilines is 2. The Hall–Kier alpha value is -3.54. The molecule has 12 heteroatoms. The molecular weight excluding hydrogens is 449 g/mol. The number of aromatic amines is 1. The third-order valence-electron chi connectivity index (χ3n) is 4.28. The topological polar surface area (TPSA) is 113 Å². The number of nitrogens with one attached hydrogen (secondary N) is 3. The molecule has 2 aromatic carbocycles. The number of halogens is 3. The summed E-state index contributed by atoms with van der Waals surface area (Å²) in [5.74, 6) is -0.286. The molecule has 0 atom stereocenters. The van der Waals surface area contributed by atoms with Gasteiger partial charge in [0.25, 0.3) is 15.9 Å². The van der Waals surface area contributed by atoms with Gasteiger partial charge >= 0.3 is 6.18 Å². The third kappa shape index (κ3) is 5.19. The molecule has 0 unspecified atom stereocenters. The minimum absolute atomic E-state index is 0.0615. The van der Waals surface area contributed by atoms with Crippen LogP contribution in [0.2, 0.25) is 0 Å². The monoisotopic (exact) mass is 468 g/mol. The molecule has 0 bridgehead atoms. The lowest BCUT2D eigenvalue weighted by atomic mass is 10.2. The van der Waals surface area contributed by atoms with Crippen LogP contribution >= 0.6 is 0 Å². The van der Waals surface area contributed by atoms with Gasteiger partial charge in [0.1, 0.15) is 11.3 Å². The number of H-pyrrole nitrogens is 1. The van der Waals surface area contributed by atoms with Gasteiger partial charge in [-0.05, 0) is 62.4 Å². The van der Waals surface area contributed by atoms with Crippen LogP contribution in [0.15, 0.2) is 53.6 Å². The molecule has 0 radical (unpaired) electrons.